The van der Waals surface area contributed by atoms with E-state index in [1.54, 1.807) is 0 Å². The number of carbonyl (C=O) groups excluding carboxylic acids is 2. The van der Waals surface area contributed by atoms with Crippen LogP contribution in [0.3, 0.4) is 0 Å². The van der Waals surface area contributed by atoms with Gasteiger partial charge in [0.2, 0.25) is 12.2 Å². The fourth-order valence-electron chi connectivity index (χ4n) is 1.89. The molecule has 0 heterocycles. The van der Waals surface area contributed by atoms with Gasteiger partial charge in [-0.25, -0.2) is 20.4 Å². The van der Waals surface area contributed by atoms with Crippen LogP contribution in [-0.4, -0.2) is 12.2 Å². The first kappa shape index (κ1) is 23.5. The van der Waals surface area contributed by atoms with E-state index in [-0.39, 0.29) is 0 Å². The van der Waals surface area contributed by atoms with E-state index in [9.17, 15) is 0 Å². The van der Waals surface area contributed by atoms with Gasteiger partial charge in [0.05, 0.1) is 0 Å². The van der Waals surface area contributed by atoms with Crippen LogP contribution in [0.25, 0.3) is 0 Å². The summed E-state index contributed by atoms with van der Waals surface area (Å²) in [5, 5.41) is 10.8. The summed E-state index contributed by atoms with van der Waals surface area (Å²) in [6, 6.07) is 27.9. The monoisotopic (exact) mass is 428 g/mol. The molecule has 0 amide bonds. The SMILES string of the molecule is N=C=O.N=C=O.S=P(Oc1ccccc1)(Oc1ccccc1)Oc1ccccc1. The second kappa shape index (κ2) is 13.6. The van der Waals surface area contributed by atoms with Crippen molar-refractivity contribution in [3.05, 3.63) is 91.0 Å². The van der Waals surface area contributed by atoms with Crippen molar-refractivity contribution in [2.45, 2.75) is 0 Å². The largest absolute Gasteiger partial charge is 0.490 e. The molecule has 0 radical (unpaired) electrons. The van der Waals surface area contributed by atoms with Gasteiger partial charge in [0.15, 0.2) is 0 Å². The zero-order valence-electron chi connectivity index (χ0n) is 15.1. The minimum Gasteiger partial charge on any atom is -0.407 e. The Balaban J connectivity index is 0.000000626. The summed E-state index contributed by atoms with van der Waals surface area (Å²) in [5.41, 5.74) is 0. The molecular weight excluding hydrogens is 411 g/mol. The highest BCUT2D eigenvalue weighted by molar-refractivity contribution is 8.08. The standard InChI is InChI=1S/C18H15O3PS.2CHNO/c23-22(19-16-10-4-1-5-11-16,20-17-12-6-2-7-13-17)21-18-14-8-3-9-15-18;2*2-1-3/h1-15H;2*2H. The molecule has 0 aliphatic carbocycles. The van der Waals surface area contributed by atoms with Gasteiger partial charge in [0.1, 0.15) is 17.2 Å². The zero-order valence-corrected chi connectivity index (χ0v) is 16.8. The maximum atomic E-state index is 8.35. The summed E-state index contributed by atoms with van der Waals surface area (Å²) in [6.45, 7) is -3.05. The molecular formula is C20H17N2O5PS. The van der Waals surface area contributed by atoms with E-state index < -0.39 is 6.72 Å². The smallest absolute Gasteiger partial charge is 0.407 e. The number of rotatable bonds is 6. The van der Waals surface area contributed by atoms with Gasteiger partial charge in [-0.2, -0.15) is 0 Å². The third kappa shape index (κ3) is 9.82. The maximum Gasteiger partial charge on any atom is 0.490 e. The lowest BCUT2D eigenvalue weighted by molar-refractivity contribution is 0.384. The van der Waals surface area contributed by atoms with E-state index in [1.165, 1.54) is 0 Å². The molecule has 148 valence electrons. The maximum absolute atomic E-state index is 8.35. The molecule has 3 aromatic rings. The predicted octanol–water partition coefficient (Wildman–Crippen LogP) is 5.25. The molecule has 0 saturated heterocycles. The van der Waals surface area contributed by atoms with E-state index >= 15 is 0 Å². The van der Waals surface area contributed by atoms with Crippen LogP contribution in [-0.2, 0) is 21.4 Å². The Bertz CT molecular complexity index is 840. The lowest BCUT2D eigenvalue weighted by Gasteiger charge is -2.23. The lowest BCUT2D eigenvalue weighted by atomic mass is 10.3. The first-order valence-corrected chi connectivity index (χ1v) is 10.5. The number of isocyanates is 2. The quantitative estimate of drug-likeness (QED) is 0.315. The highest BCUT2D eigenvalue weighted by atomic mass is 32.5. The molecule has 0 fully saturated rings. The normalized spacial score (nSPS) is 9.10. The molecule has 0 atom stereocenters. The van der Waals surface area contributed by atoms with Crippen LogP contribution in [0.15, 0.2) is 91.0 Å². The Morgan fingerprint density at radius 1 is 0.586 bits per heavy atom. The number of para-hydroxylation sites is 3. The predicted molar refractivity (Wildman–Crippen MR) is 112 cm³/mol. The van der Waals surface area contributed by atoms with E-state index in [0.29, 0.717) is 17.2 Å². The van der Waals surface area contributed by atoms with Gasteiger partial charge in [0, 0.05) is 11.8 Å². The van der Waals surface area contributed by atoms with Gasteiger partial charge < -0.3 is 13.6 Å². The van der Waals surface area contributed by atoms with Crippen LogP contribution in [0.1, 0.15) is 0 Å². The van der Waals surface area contributed by atoms with Gasteiger partial charge >= 0.3 is 6.72 Å². The molecule has 9 heteroatoms. The van der Waals surface area contributed by atoms with Crippen LogP contribution < -0.4 is 13.6 Å². The summed E-state index contributed by atoms with van der Waals surface area (Å²) in [7, 11) is 0. The fourth-order valence-corrected chi connectivity index (χ4v) is 3.91. The molecule has 0 aliphatic rings. The molecule has 2 N–H and O–H groups in total. The molecule has 7 nitrogen and oxygen atoms in total. The van der Waals surface area contributed by atoms with E-state index in [2.05, 4.69) is 0 Å². The summed E-state index contributed by atoms with van der Waals surface area (Å²) in [6.07, 6.45) is 1.50. The van der Waals surface area contributed by atoms with Crippen molar-refractivity contribution in [2.75, 3.05) is 0 Å². The summed E-state index contributed by atoms with van der Waals surface area (Å²) in [4.78, 5) is 16.7. The highest BCUT2D eigenvalue weighted by Gasteiger charge is 2.26. The number of hydrogen-bond acceptors (Lipinski definition) is 8. The first-order valence-electron chi connectivity index (χ1n) is 7.98. The van der Waals surface area contributed by atoms with Crippen molar-refractivity contribution in [1.82, 2.24) is 0 Å². The Morgan fingerprint density at radius 3 is 1.00 bits per heavy atom. The van der Waals surface area contributed by atoms with E-state index in [0.717, 1.165) is 12.2 Å². The average Bonchev–Trinajstić information content (AvgIpc) is 2.71. The topological polar surface area (TPSA) is 110 Å². The van der Waals surface area contributed by atoms with Gasteiger partial charge in [-0.3, -0.25) is 0 Å². The Hall–Kier alpha value is -3.53. The van der Waals surface area contributed by atoms with E-state index in [1.807, 2.05) is 91.0 Å². The molecule has 0 saturated carbocycles. The average molecular weight is 428 g/mol. The number of nitrogens with one attached hydrogen (secondary N) is 2. The highest BCUT2D eigenvalue weighted by Crippen LogP contribution is 2.49. The minimum absolute atomic E-state index is 0.614. The first-order chi connectivity index (χ1) is 14.1. The zero-order chi connectivity index (χ0) is 21.4. The van der Waals surface area contributed by atoms with Gasteiger partial charge in [-0.05, 0) is 36.4 Å². The molecule has 0 aromatic heterocycles. The fraction of sp³-hybridized carbons (Fsp3) is 0. The van der Waals surface area contributed by atoms with E-state index in [4.69, 9.17) is 45.8 Å². The summed E-state index contributed by atoms with van der Waals surface area (Å²) >= 11 is 5.59. The second-order valence-corrected chi connectivity index (χ2v) is 7.65. The van der Waals surface area contributed by atoms with Gasteiger partial charge in [-0.1, -0.05) is 54.6 Å². The van der Waals surface area contributed by atoms with Crippen LogP contribution >= 0.6 is 6.72 Å². The Labute approximate surface area is 173 Å². The number of benzene rings is 3. The van der Waals surface area contributed by atoms with Gasteiger partial charge in [-0.15, -0.1) is 0 Å². The Kier molecular flexibility index (Phi) is 11.0. The van der Waals surface area contributed by atoms with Crippen molar-refractivity contribution in [3.63, 3.8) is 0 Å². The Morgan fingerprint density at radius 2 is 0.793 bits per heavy atom. The molecule has 3 rings (SSSR count). The van der Waals surface area contributed by atoms with Crippen molar-refractivity contribution < 1.29 is 23.2 Å². The second-order valence-electron chi connectivity index (χ2n) is 4.86. The molecule has 0 aliphatic heterocycles. The van der Waals surface area contributed by atoms with Crippen molar-refractivity contribution in [1.29, 1.82) is 10.8 Å². The van der Waals surface area contributed by atoms with Crippen molar-refractivity contribution in [3.8, 4) is 17.2 Å². The van der Waals surface area contributed by atoms with Crippen LogP contribution in [0, 0.1) is 10.8 Å². The lowest BCUT2D eigenvalue weighted by Crippen LogP contribution is -2.07. The third-order valence-electron chi connectivity index (χ3n) is 2.88. The number of hydrogen-bond donors (Lipinski definition) is 2. The summed E-state index contributed by atoms with van der Waals surface area (Å²) in [5.74, 6) is 1.84. The third-order valence-corrected chi connectivity index (χ3v) is 4.86. The molecule has 0 bridgehead atoms. The van der Waals surface area contributed by atoms with Crippen LogP contribution in [0.2, 0.25) is 0 Å². The molecule has 0 spiro atoms. The van der Waals surface area contributed by atoms with Gasteiger partial charge in [0.25, 0.3) is 0 Å². The van der Waals surface area contributed by atoms with Crippen LogP contribution in [0.5, 0.6) is 17.2 Å². The summed E-state index contributed by atoms with van der Waals surface area (Å²) < 4.78 is 17.7. The van der Waals surface area contributed by atoms with Crippen molar-refractivity contribution >= 4 is 30.7 Å². The molecule has 29 heavy (non-hydrogen) atoms. The molecule has 3 aromatic carbocycles. The minimum atomic E-state index is -3.05. The van der Waals surface area contributed by atoms with Crippen molar-refractivity contribution in [2.24, 2.45) is 0 Å². The van der Waals surface area contributed by atoms with Crippen LogP contribution in [0.4, 0.5) is 0 Å². The molecule has 0 unspecified atom stereocenters.